The quantitative estimate of drug-likeness (QED) is 0.127. The van der Waals surface area contributed by atoms with Gasteiger partial charge in [-0.3, -0.25) is 19.2 Å². The third kappa shape index (κ3) is 10.2. The molecule has 43 heavy (non-hydrogen) atoms. The van der Waals surface area contributed by atoms with E-state index in [-0.39, 0.29) is 38.2 Å². The monoisotopic (exact) mass is 589 g/mol. The first-order valence-corrected chi connectivity index (χ1v) is 14.2. The van der Waals surface area contributed by atoms with Crippen molar-refractivity contribution < 1.29 is 28.7 Å². The van der Waals surface area contributed by atoms with Crippen molar-refractivity contribution in [2.75, 3.05) is 0 Å². The smallest absolute Gasteiger partial charge is 0.328 e. The molecule has 0 saturated carbocycles. The highest BCUT2D eigenvalue weighted by Crippen LogP contribution is 2.19. The van der Waals surface area contributed by atoms with Crippen molar-refractivity contribution in [1.82, 2.24) is 20.9 Å². The minimum absolute atomic E-state index is 0.0300. The van der Waals surface area contributed by atoms with Crippen molar-refractivity contribution in [2.24, 2.45) is 5.92 Å². The number of aromatic amines is 1. The van der Waals surface area contributed by atoms with Crippen molar-refractivity contribution in [1.29, 1.82) is 5.41 Å². The summed E-state index contributed by atoms with van der Waals surface area (Å²) in [6.45, 7) is 5.12. The summed E-state index contributed by atoms with van der Waals surface area (Å²) in [5.41, 5.74) is 2.46. The highest BCUT2D eigenvalue weighted by molar-refractivity contribution is 6.26. The second-order valence-corrected chi connectivity index (χ2v) is 10.8. The summed E-state index contributed by atoms with van der Waals surface area (Å²) in [5.74, 6) is -2.86. The Hall–Kier alpha value is -4.80. The molecule has 3 aromatic rings. The SMILES string of the molecule is CC(=O)N[C@@H](Cc1c[nH]c2ccccc12)C(=O)N[C@@H](CCC(=O)C=N)C(=O)N[C@@H](CC(C)C)C(=O)OCc1ccccc1. The Morgan fingerprint density at radius 1 is 0.884 bits per heavy atom. The predicted molar refractivity (Wildman–Crippen MR) is 162 cm³/mol. The maximum Gasteiger partial charge on any atom is 0.328 e. The summed E-state index contributed by atoms with van der Waals surface area (Å²) >= 11 is 0. The number of esters is 1. The lowest BCUT2D eigenvalue weighted by Gasteiger charge is -2.25. The molecule has 228 valence electrons. The second-order valence-electron chi connectivity index (χ2n) is 10.8. The molecule has 5 N–H and O–H groups in total. The van der Waals surface area contributed by atoms with Gasteiger partial charge in [0, 0.05) is 36.9 Å². The fourth-order valence-corrected chi connectivity index (χ4v) is 4.66. The number of Topliss-reactive ketones (excluding diaryl/α,β-unsaturated/α-hetero) is 1. The van der Waals surface area contributed by atoms with Crippen LogP contribution in [-0.4, -0.2) is 58.8 Å². The average molecular weight is 590 g/mol. The third-order valence-corrected chi connectivity index (χ3v) is 6.80. The number of hydrogen-bond acceptors (Lipinski definition) is 7. The Bertz CT molecular complexity index is 1430. The van der Waals surface area contributed by atoms with Gasteiger partial charge in [0.2, 0.25) is 17.7 Å². The minimum Gasteiger partial charge on any atom is -0.459 e. The van der Waals surface area contributed by atoms with E-state index in [1.165, 1.54) is 6.92 Å². The van der Waals surface area contributed by atoms with E-state index in [2.05, 4.69) is 20.9 Å². The van der Waals surface area contributed by atoms with Gasteiger partial charge in [-0.2, -0.15) is 0 Å². The zero-order chi connectivity index (χ0) is 31.4. The van der Waals surface area contributed by atoms with Crippen LogP contribution in [0.4, 0.5) is 0 Å². The summed E-state index contributed by atoms with van der Waals surface area (Å²) in [5, 5.41) is 16.1. The van der Waals surface area contributed by atoms with E-state index < -0.39 is 47.6 Å². The molecule has 11 heteroatoms. The van der Waals surface area contributed by atoms with Gasteiger partial charge < -0.3 is 31.1 Å². The molecule has 0 unspecified atom stereocenters. The van der Waals surface area contributed by atoms with Crippen LogP contribution in [0.2, 0.25) is 0 Å². The Labute approximate surface area is 250 Å². The van der Waals surface area contributed by atoms with Crippen LogP contribution in [0.3, 0.4) is 0 Å². The lowest BCUT2D eigenvalue weighted by atomic mass is 10.0. The number of nitrogens with one attached hydrogen (secondary N) is 5. The van der Waals surface area contributed by atoms with Gasteiger partial charge in [0.05, 0.1) is 6.21 Å². The molecule has 0 fully saturated rings. The van der Waals surface area contributed by atoms with Crippen molar-refractivity contribution >= 4 is 46.6 Å². The number of aromatic nitrogens is 1. The molecule has 3 rings (SSSR count). The number of amides is 3. The summed E-state index contributed by atoms with van der Waals surface area (Å²) in [6, 6.07) is 13.4. The van der Waals surface area contributed by atoms with Crippen LogP contribution in [0.25, 0.3) is 10.9 Å². The van der Waals surface area contributed by atoms with Crippen LogP contribution in [-0.2, 0) is 41.7 Å². The van der Waals surface area contributed by atoms with Gasteiger partial charge in [-0.15, -0.1) is 0 Å². The fourth-order valence-electron chi connectivity index (χ4n) is 4.66. The minimum atomic E-state index is -1.22. The lowest BCUT2D eigenvalue weighted by Crippen LogP contribution is -2.56. The van der Waals surface area contributed by atoms with E-state index >= 15 is 0 Å². The first kappa shape index (κ1) is 32.7. The molecule has 2 aromatic carbocycles. The van der Waals surface area contributed by atoms with Gasteiger partial charge in [0.15, 0.2) is 5.78 Å². The first-order valence-electron chi connectivity index (χ1n) is 14.2. The maximum absolute atomic E-state index is 13.5. The summed E-state index contributed by atoms with van der Waals surface area (Å²) in [6.07, 6.45) is 2.55. The van der Waals surface area contributed by atoms with E-state index in [9.17, 15) is 24.0 Å². The highest BCUT2D eigenvalue weighted by atomic mass is 16.5. The Morgan fingerprint density at radius 3 is 2.21 bits per heavy atom. The Kier molecular flexibility index (Phi) is 12.2. The first-order chi connectivity index (χ1) is 20.6. The van der Waals surface area contributed by atoms with Gasteiger partial charge in [0.25, 0.3) is 0 Å². The van der Waals surface area contributed by atoms with Gasteiger partial charge >= 0.3 is 5.97 Å². The van der Waals surface area contributed by atoms with E-state index in [1.54, 1.807) is 6.20 Å². The van der Waals surface area contributed by atoms with Gasteiger partial charge in [0.1, 0.15) is 24.7 Å². The number of ketones is 1. The molecule has 3 amide bonds. The number of fused-ring (bicyclic) bond motifs is 1. The zero-order valence-electron chi connectivity index (χ0n) is 24.6. The predicted octanol–water partition coefficient (Wildman–Crippen LogP) is 2.97. The van der Waals surface area contributed by atoms with Gasteiger partial charge in [-0.25, -0.2) is 4.79 Å². The number of hydrogen-bond donors (Lipinski definition) is 5. The second kappa shape index (κ2) is 16.0. The molecule has 1 aromatic heterocycles. The van der Waals surface area contributed by atoms with E-state index in [0.717, 1.165) is 22.0 Å². The van der Waals surface area contributed by atoms with Crippen molar-refractivity contribution in [3.8, 4) is 0 Å². The molecule has 0 radical (unpaired) electrons. The van der Waals surface area contributed by atoms with Gasteiger partial charge in [-0.05, 0) is 36.0 Å². The number of carbonyl (C=O) groups is 5. The Morgan fingerprint density at radius 2 is 1.53 bits per heavy atom. The molecule has 0 saturated heterocycles. The van der Waals surface area contributed by atoms with E-state index in [1.807, 2.05) is 68.4 Å². The molecule has 1 heterocycles. The fraction of sp³-hybridized carbons (Fsp3) is 0.375. The normalized spacial score (nSPS) is 13.0. The molecule has 0 aliphatic heterocycles. The number of ether oxygens (including phenoxy) is 1. The van der Waals surface area contributed by atoms with E-state index in [0.29, 0.717) is 6.21 Å². The number of benzene rings is 2. The van der Waals surface area contributed by atoms with Crippen LogP contribution in [0.1, 0.15) is 51.2 Å². The number of para-hydroxylation sites is 1. The van der Waals surface area contributed by atoms with Crippen LogP contribution < -0.4 is 16.0 Å². The number of rotatable bonds is 16. The molecule has 0 aliphatic rings. The summed E-state index contributed by atoms with van der Waals surface area (Å²) < 4.78 is 5.47. The van der Waals surface area contributed by atoms with Crippen molar-refractivity contribution in [3.63, 3.8) is 0 Å². The zero-order valence-corrected chi connectivity index (χ0v) is 24.6. The summed E-state index contributed by atoms with van der Waals surface area (Å²) in [7, 11) is 0. The highest BCUT2D eigenvalue weighted by Gasteiger charge is 2.31. The van der Waals surface area contributed by atoms with Crippen molar-refractivity contribution in [2.45, 2.75) is 71.2 Å². The molecule has 0 bridgehead atoms. The largest absolute Gasteiger partial charge is 0.459 e. The number of H-pyrrole nitrogens is 1. The van der Waals surface area contributed by atoms with Crippen molar-refractivity contribution in [3.05, 3.63) is 71.9 Å². The van der Waals surface area contributed by atoms with Crippen LogP contribution in [0.5, 0.6) is 0 Å². The van der Waals surface area contributed by atoms with Crippen LogP contribution >= 0.6 is 0 Å². The Balaban J connectivity index is 1.77. The molecular formula is C32H39N5O6. The maximum atomic E-state index is 13.5. The lowest BCUT2D eigenvalue weighted by molar-refractivity contribution is -0.150. The standard InChI is InChI=1S/C32H39N5O6/c1-20(2)15-29(32(42)43-19-22-9-5-4-6-10-22)37-30(40)27(14-13-24(39)17-33)36-31(41)28(35-21(3)38)16-23-18-34-26-12-8-7-11-25(23)26/h4-12,17-18,20,27-29,33-34H,13-16,19H2,1-3H3,(H,35,38)(H,36,41)(H,37,40)/t27-,28-,29-/m0/s1. The molecule has 11 nitrogen and oxygen atoms in total. The third-order valence-electron chi connectivity index (χ3n) is 6.80. The average Bonchev–Trinajstić information content (AvgIpc) is 3.39. The van der Waals surface area contributed by atoms with Crippen LogP contribution in [0.15, 0.2) is 60.8 Å². The van der Waals surface area contributed by atoms with Gasteiger partial charge in [-0.1, -0.05) is 62.4 Å². The van der Waals surface area contributed by atoms with E-state index in [4.69, 9.17) is 10.1 Å². The molecule has 0 aliphatic carbocycles. The van der Waals surface area contributed by atoms with Crippen LogP contribution in [0, 0.1) is 11.3 Å². The summed E-state index contributed by atoms with van der Waals surface area (Å²) in [4.78, 5) is 67.0. The molecule has 3 atom stereocenters. The molecular weight excluding hydrogens is 550 g/mol. The topological polar surface area (TPSA) is 170 Å². The number of carbonyl (C=O) groups excluding carboxylic acids is 5. The molecule has 0 spiro atoms.